The Labute approximate surface area is 147 Å². The van der Waals surface area contributed by atoms with Gasteiger partial charge in [0.1, 0.15) is 11.3 Å². The molecule has 25 heavy (non-hydrogen) atoms. The zero-order valence-corrected chi connectivity index (χ0v) is 15.2. The number of nitrogens with zero attached hydrogens (tertiary/aromatic N) is 1. The van der Waals surface area contributed by atoms with Crippen molar-refractivity contribution in [2.75, 3.05) is 13.1 Å². The molecule has 1 saturated heterocycles. The number of ether oxygens (including phenoxy) is 1. The minimum absolute atomic E-state index is 0.0000542. The fourth-order valence-electron chi connectivity index (χ4n) is 3.40. The van der Waals surface area contributed by atoms with Gasteiger partial charge in [-0.3, -0.25) is 4.79 Å². The summed E-state index contributed by atoms with van der Waals surface area (Å²) in [5, 5.41) is 0.899. The average Bonchev–Trinajstić information content (AvgIpc) is 2.92. The number of rotatable bonds is 4. The van der Waals surface area contributed by atoms with Gasteiger partial charge in [0.15, 0.2) is 6.10 Å². The van der Waals surface area contributed by atoms with E-state index in [2.05, 4.69) is 13.8 Å². The predicted octanol–water partition coefficient (Wildman–Crippen LogP) is 3.24. The van der Waals surface area contributed by atoms with Crippen LogP contribution < -0.4 is 10.4 Å². The predicted molar refractivity (Wildman–Crippen MR) is 96.9 cm³/mol. The molecule has 1 aliphatic rings. The van der Waals surface area contributed by atoms with Crippen LogP contribution in [0, 0.1) is 11.8 Å². The summed E-state index contributed by atoms with van der Waals surface area (Å²) in [4.78, 5) is 26.1. The Morgan fingerprint density at radius 1 is 1.28 bits per heavy atom. The van der Waals surface area contributed by atoms with E-state index < -0.39 is 6.10 Å². The summed E-state index contributed by atoms with van der Waals surface area (Å²) in [5.74, 6) is 1.56. The largest absolute Gasteiger partial charge is 0.481 e. The molecule has 134 valence electrons. The molecule has 0 radical (unpaired) electrons. The van der Waals surface area contributed by atoms with E-state index in [1.54, 1.807) is 13.0 Å². The van der Waals surface area contributed by atoms with Crippen LogP contribution in [0.5, 0.6) is 5.75 Å². The number of carbonyl (C=O) groups is 1. The van der Waals surface area contributed by atoms with Gasteiger partial charge in [-0.05, 0) is 42.9 Å². The summed E-state index contributed by atoms with van der Waals surface area (Å²) in [6, 6.07) is 6.91. The number of amides is 1. The van der Waals surface area contributed by atoms with E-state index in [4.69, 9.17) is 9.15 Å². The Morgan fingerprint density at radius 2 is 1.96 bits per heavy atom. The monoisotopic (exact) mass is 343 g/mol. The molecule has 1 aromatic carbocycles. The Hall–Kier alpha value is -2.30. The van der Waals surface area contributed by atoms with Crippen molar-refractivity contribution in [1.82, 2.24) is 4.90 Å². The minimum Gasteiger partial charge on any atom is -0.481 e. The molecule has 1 fully saturated rings. The first-order valence-electron chi connectivity index (χ1n) is 8.91. The maximum atomic E-state index is 12.6. The molecule has 3 atom stereocenters. The first-order chi connectivity index (χ1) is 11.9. The minimum atomic E-state index is -0.573. The molecule has 1 unspecified atom stereocenters. The number of carbonyl (C=O) groups excluding carboxylic acids is 1. The Morgan fingerprint density at radius 3 is 2.60 bits per heavy atom. The van der Waals surface area contributed by atoms with Crippen LogP contribution in [-0.4, -0.2) is 30.0 Å². The van der Waals surface area contributed by atoms with Gasteiger partial charge in [0.2, 0.25) is 0 Å². The van der Waals surface area contributed by atoms with Crippen LogP contribution in [0.25, 0.3) is 11.0 Å². The van der Waals surface area contributed by atoms with Crippen LogP contribution >= 0.6 is 0 Å². The quantitative estimate of drug-likeness (QED) is 0.800. The van der Waals surface area contributed by atoms with Gasteiger partial charge in [0.25, 0.3) is 5.91 Å². The molecule has 5 nitrogen and oxygen atoms in total. The van der Waals surface area contributed by atoms with Crippen molar-refractivity contribution < 1.29 is 13.9 Å². The summed E-state index contributed by atoms with van der Waals surface area (Å²) in [5.41, 5.74) is 1.07. The molecule has 0 aliphatic carbocycles. The van der Waals surface area contributed by atoms with E-state index in [1.165, 1.54) is 6.07 Å². The highest BCUT2D eigenvalue weighted by atomic mass is 16.5. The van der Waals surface area contributed by atoms with Gasteiger partial charge in [-0.1, -0.05) is 20.8 Å². The molecule has 0 spiro atoms. The normalized spacial score (nSPS) is 21.5. The number of aryl methyl sites for hydroxylation is 1. The third-order valence-corrected chi connectivity index (χ3v) is 5.14. The first-order valence-corrected chi connectivity index (χ1v) is 8.91. The molecule has 0 bridgehead atoms. The summed E-state index contributed by atoms with van der Waals surface area (Å²) in [6.07, 6.45) is 0.179. The number of likely N-dealkylation sites (tertiary alicyclic amines) is 1. The zero-order valence-electron chi connectivity index (χ0n) is 15.2. The van der Waals surface area contributed by atoms with E-state index in [1.807, 2.05) is 24.0 Å². The van der Waals surface area contributed by atoms with E-state index >= 15 is 0 Å². The van der Waals surface area contributed by atoms with Crippen molar-refractivity contribution in [3.63, 3.8) is 0 Å². The summed E-state index contributed by atoms with van der Waals surface area (Å²) in [7, 11) is 0. The van der Waals surface area contributed by atoms with Gasteiger partial charge in [-0.15, -0.1) is 0 Å². The Balaban J connectivity index is 1.78. The summed E-state index contributed by atoms with van der Waals surface area (Å²) < 4.78 is 11.1. The van der Waals surface area contributed by atoms with Crippen LogP contribution in [0.2, 0.25) is 0 Å². The molecule has 0 N–H and O–H groups in total. The molecule has 5 heteroatoms. The molecule has 1 amide bonds. The smallest absolute Gasteiger partial charge is 0.336 e. The van der Waals surface area contributed by atoms with Crippen LogP contribution in [0.3, 0.4) is 0 Å². The van der Waals surface area contributed by atoms with Crippen molar-refractivity contribution in [1.29, 1.82) is 0 Å². The van der Waals surface area contributed by atoms with Crippen molar-refractivity contribution in [3.8, 4) is 5.75 Å². The summed E-state index contributed by atoms with van der Waals surface area (Å²) >= 11 is 0. The van der Waals surface area contributed by atoms with Gasteiger partial charge in [-0.2, -0.15) is 0 Å². The topological polar surface area (TPSA) is 59.8 Å². The highest BCUT2D eigenvalue weighted by Gasteiger charge is 2.32. The Kier molecular flexibility index (Phi) is 4.84. The third-order valence-electron chi connectivity index (χ3n) is 5.14. The van der Waals surface area contributed by atoms with Crippen molar-refractivity contribution in [2.24, 2.45) is 11.8 Å². The lowest BCUT2D eigenvalue weighted by molar-refractivity contribution is -0.137. The number of hydrogen-bond donors (Lipinski definition) is 0. The van der Waals surface area contributed by atoms with Crippen LogP contribution in [0.15, 0.2) is 33.5 Å². The number of hydrogen-bond acceptors (Lipinski definition) is 4. The van der Waals surface area contributed by atoms with Crippen molar-refractivity contribution in [3.05, 3.63) is 40.2 Å². The standard InChI is InChI=1S/C20H25NO4/c1-5-15-8-19(22)25-18-9-16(6-7-17(15)18)24-14(4)20(23)21-10-12(2)13(3)11-21/h6-9,12-14H,5,10-11H2,1-4H3/t12-,13+,14?. The molecular weight excluding hydrogens is 318 g/mol. The van der Waals surface area contributed by atoms with Crippen LogP contribution in [0.4, 0.5) is 0 Å². The molecule has 0 saturated carbocycles. The summed E-state index contributed by atoms with van der Waals surface area (Å²) in [6.45, 7) is 9.65. The van der Waals surface area contributed by atoms with E-state index in [0.29, 0.717) is 23.2 Å². The fourth-order valence-corrected chi connectivity index (χ4v) is 3.40. The molecule has 2 aromatic rings. The molecule has 1 aliphatic heterocycles. The van der Waals surface area contributed by atoms with Gasteiger partial charge >= 0.3 is 5.63 Å². The molecule has 2 heterocycles. The van der Waals surface area contributed by atoms with Gasteiger partial charge in [-0.25, -0.2) is 4.79 Å². The second-order valence-electron chi connectivity index (χ2n) is 7.06. The van der Waals surface area contributed by atoms with Crippen molar-refractivity contribution >= 4 is 16.9 Å². The molecule has 1 aromatic heterocycles. The third kappa shape index (κ3) is 3.55. The van der Waals surface area contributed by atoms with Gasteiger partial charge < -0.3 is 14.1 Å². The van der Waals surface area contributed by atoms with Crippen molar-refractivity contribution in [2.45, 2.75) is 40.2 Å². The highest BCUT2D eigenvalue weighted by Crippen LogP contribution is 2.26. The number of fused-ring (bicyclic) bond motifs is 1. The maximum Gasteiger partial charge on any atom is 0.336 e. The molecule has 3 rings (SSSR count). The first kappa shape index (κ1) is 17.5. The maximum absolute atomic E-state index is 12.6. The fraction of sp³-hybridized carbons (Fsp3) is 0.500. The lowest BCUT2D eigenvalue weighted by Crippen LogP contribution is -2.39. The van der Waals surface area contributed by atoms with E-state index in [0.717, 1.165) is 30.5 Å². The Bertz CT molecular complexity index is 831. The highest BCUT2D eigenvalue weighted by molar-refractivity contribution is 5.83. The second kappa shape index (κ2) is 6.90. The van der Waals surface area contributed by atoms with E-state index in [-0.39, 0.29) is 11.5 Å². The van der Waals surface area contributed by atoms with Gasteiger partial charge in [0.05, 0.1) is 0 Å². The van der Waals surface area contributed by atoms with Crippen LogP contribution in [-0.2, 0) is 11.2 Å². The number of benzene rings is 1. The lowest BCUT2D eigenvalue weighted by atomic mass is 10.0. The van der Waals surface area contributed by atoms with Gasteiger partial charge in [0, 0.05) is 30.6 Å². The van der Waals surface area contributed by atoms with E-state index in [9.17, 15) is 9.59 Å². The lowest BCUT2D eigenvalue weighted by Gasteiger charge is -2.21. The SMILES string of the molecule is CCc1cc(=O)oc2cc(OC(C)C(=O)N3C[C@@H](C)[C@@H](C)C3)ccc12. The second-order valence-corrected chi connectivity index (χ2v) is 7.06. The zero-order chi connectivity index (χ0) is 18.1. The van der Waals surface area contributed by atoms with Crippen LogP contribution in [0.1, 0.15) is 33.3 Å². The average molecular weight is 343 g/mol. The molecular formula is C20H25NO4.